The summed E-state index contributed by atoms with van der Waals surface area (Å²) in [5.74, 6) is 0. The molecule has 2 aliphatic heterocycles. The van der Waals surface area contributed by atoms with Gasteiger partial charge in [0.1, 0.15) is 0 Å². The van der Waals surface area contributed by atoms with Gasteiger partial charge in [-0.2, -0.15) is 0 Å². The summed E-state index contributed by atoms with van der Waals surface area (Å²) in [6.45, 7) is 5.22. The van der Waals surface area contributed by atoms with Crippen molar-refractivity contribution in [2.24, 2.45) is 0 Å². The average Bonchev–Trinajstić information content (AvgIpc) is 2.54. The van der Waals surface area contributed by atoms with Crippen molar-refractivity contribution in [3.63, 3.8) is 0 Å². The molecule has 1 aromatic rings. The summed E-state index contributed by atoms with van der Waals surface area (Å²) in [5.41, 5.74) is 2.79. The Morgan fingerprint density at radius 1 is 1.31 bits per heavy atom. The summed E-state index contributed by atoms with van der Waals surface area (Å²) in [6.07, 6.45) is 8.94. The van der Waals surface area contributed by atoms with E-state index in [9.17, 15) is 0 Å². The molecule has 0 amide bonds. The summed E-state index contributed by atoms with van der Waals surface area (Å²) in [5, 5.41) is 0. The Morgan fingerprint density at radius 3 is 2.69 bits per heavy atom. The van der Waals surface area contributed by atoms with Crippen LogP contribution in [0.25, 0.3) is 0 Å². The number of piperidine rings is 1. The smallest absolute Gasteiger partial charge is 0.0312 e. The third kappa shape index (κ3) is 1.78. The fraction of sp³-hybridized carbons (Fsp3) is 0.500. The lowest BCUT2D eigenvalue weighted by Gasteiger charge is -2.35. The zero-order valence-electron chi connectivity index (χ0n) is 9.60. The molecule has 2 nitrogen and oxygen atoms in total. The zero-order valence-corrected chi connectivity index (χ0v) is 9.60. The highest BCUT2D eigenvalue weighted by Gasteiger charge is 2.37. The van der Waals surface area contributed by atoms with Gasteiger partial charge >= 0.3 is 0 Å². The van der Waals surface area contributed by atoms with E-state index in [1.54, 1.807) is 0 Å². The van der Waals surface area contributed by atoms with Crippen LogP contribution in [0.3, 0.4) is 0 Å². The van der Waals surface area contributed by atoms with Crippen LogP contribution in [0.4, 0.5) is 0 Å². The lowest BCUT2D eigenvalue weighted by Crippen LogP contribution is -2.39. The third-order valence-electron chi connectivity index (χ3n) is 3.91. The van der Waals surface area contributed by atoms with Crippen LogP contribution < -0.4 is 0 Å². The predicted molar refractivity (Wildman–Crippen MR) is 65.0 cm³/mol. The Hall–Kier alpha value is -1.15. The largest absolute Gasteiger partial charge is 0.292 e. The van der Waals surface area contributed by atoms with Gasteiger partial charge in [0.25, 0.3) is 0 Å². The van der Waals surface area contributed by atoms with Crippen LogP contribution in [0.15, 0.2) is 36.7 Å². The molecule has 2 fully saturated rings. The lowest BCUT2D eigenvalue weighted by molar-refractivity contribution is 0.157. The van der Waals surface area contributed by atoms with Gasteiger partial charge in [0, 0.05) is 31.0 Å². The van der Waals surface area contributed by atoms with E-state index in [2.05, 4.69) is 22.5 Å². The van der Waals surface area contributed by atoms with Crippen molar-refractivity contribution in [1.82, 2.24) is 9.88 Å². The molecule has 2 heteroatoms. The summed E-state index contributed by atoms with van der Waals surface area (Å²) < 4.78 is 0. The minimum Gasteiger partial charge on any atom is -0.292 e. The topological polar surface area (TPSA) is 16.1 Å². The quantitative estimate of drug-likeness (QED) is 0.704. The second-order valence-corrected chi connectivity index (χ2v) is 5.08. The van der Waals surface area contributed by atoms with Gasteiger partial charge in [0.05, 0.1) is 0 Å². The van der Waals surface area contributed by atoms with E-state index in [0.717, 1.165) is 18.6 Å². The first kappa shape index (κ1) is 10.0. The van der Waals surface area contributed by atoms with Crippen LogP contribution in [0.1, 0.15) is 31.2 Å². The first-order chi connectivity index (χ1) is 7.83. The molecule has 0 aliphatic carbocycles. The molecule has 2 aliphatic rings. The Balaban J connectivity index is 1.75. The number of fused-ring (bicyclic) bond motifs is 2. The van der Waals surface area contributed by atoms with E-state index in [4.69, 9.17) is 0 Å². The highest BCUT2D eigenvalue weighted by Crippen LogP contribution is 2.38. The number of hydrogen-bond donors (Lipinski definition) is 0. The summed E-state index contributed by atoms with van der Waals surface area (Å²) in [6, 6.07) is 5.69. The number of aromatic nitrogens is 1. The maximum atomic E-state index is 4.19. The molecular formula is C14H18N2. The zero-order chi connectivity index (χ0) is 11.0. The van der Waals surface area contributed by atoms with Gasteiger partial charge in [-0.25, -0.2) is 0 Å². The van der Waals surface area contributed by atoms with E-state index < -0.39 is 0 Å². The normalized spacial score (nSPS) is 29.6. The number of hydrogen-bond acceptors (Lipinski definition) is 2. The van der Waals surface area contributed by atoms with E-state index in [1.807, 2.05) is 18.5 Å². The molecule has 0 aromatic carbocycles. The van der Waals surface area contributed by atoms with Gasteiger partial charge < -0.3 is 0 Å². The summed E-state index contributed by atoms with van der Waals surface area (Å²) in [7, 11) is 0. The molecule has 0 saturated carbocycles. The van der Waals surface area contributed by atoms with E-state index in [0.29, 0.717) is 0 Å². The third-order valence-corrected chi connectivity index (χ3v) is 3.91. The van der Waals surface area contributed by atoms with Crippen LogP contribution in [-0.4, -0.2) is 22.0 Å². The molecule has 0 radical (unpaired) electrons. The highest BCUT2D eigenvalue weighted by atomic mass is 15.2. The predicted octanol–water partition coefficient (Wildman–Crippen LogP) is 2.76. The average molecular weight is 214 g/mol. The van der Waals surface area contributed by atoms with Crippen molar-refractivity contribution in [2.75, 3.05) is 0 Å². The van der Waals surface area contributed by atoms with Crippen molar-refractivity contribution in [1.29, 1.82) is 0 Å². The van der Waals surface area contributed by atoms with Crippen molar-refractivity contribution in [3.8, 4) is 0 Å². The molecule has 2 atom stereocenters. The molecule has 0 spiro atoms. The molecule has 2 unspecified atom stereocenters. The van der Waals surface area contributed by atoms with E-state index in [-0.39, 0.29) is 0 Å². The lowest BCUT2D eigenvalue weighted by atomic mass is 9.98. The maximum Gasteiger partial charge on any atom is 0.0312 e. The van der Waals surface area contributed by atoms with Gasteiger partial charge in [-0.1, -0.05) is 18.2 Å². The van der Waals surface area contributed by atoms with Gasteiger partial charge in [0.15, 0.2) is 0 Å². The second kappa shape index (κ2) is 4.02. The first-order valence-corrected chi connectivity index (χ1v) is 6.14. The Kier molecular flexibility index (Phi) is 2.52. The van der Waals surface area contributed by atoms with Crippen LogP contribution in [0.5, 0.6) is 0 Å². The van der Waals surface area contributed by atoms with Crippen molar-refractivity contribution >= 4 is 0 Å². The molecule has 1 aromatic heterocycles. The monoisotopic (exact) mass is 214 g/mol. The Labute approximate surface area is 97.0 Å². The van der Waals surface area contributed by atoms with Crippen molar-refractivity contribution in [3.05, 3.63) is 42.2 Å². The SMILES string of the molecule is C=C1CC2CCC(C1)N2Cc1cccnc1. The van der Waals surface area contributed by atoms with E-state index in [1.165, 1.54) is 36.8 Å². The first-order valence-electron chi connectivity index (χ1n) is 6.14. The minimum absolute atomic E-state index is 0.742. The van der Waals surface area contributed by atoms with Crippen molar-refractivity contribution < 1.29 is 0 Å². The fourth-order valence-electron chi connectivity index (χ4n) is 3.16. The summed E-state index contributed by atoms with van der Waals surface area (Å²) >= 11 is 0. The standard InChI is InChI=1S/C14H18N2/c1-11-7-13-4-5-14(8-11)16(13)10-12-3-2-6-15-9-12/h2-3,6,9,13-14H,1,4-5,7-8,10H2. The van der Waals surface area contributed by atoms with Crippen molar-refractivity contribution in [2.45, 2.75) is 44.3 Å². The molecule has 84 valence electrons. The van der Waals surface area contributed by atoms with Crippen LogP contribution in [-0.2, 0) is 6.54 Å². The van der Waals surface area contributed by atoms with Crippen LogP contribution in [0, 0.1) is 0 Å². The van der Waals surface area contributed by atoms with Gasteiger partial charge in [-0.05, 0) is 37.3 Å². The van der Waals surface area contributed by atoms with Gasteiger partial charge in [-0.3, -0.25) is 9.88 Å². The Morgan fingerprint density at radius 2 is 2.06 bits per heavy atom. The van der Waals surface area contributed by atoms with Gasteiger partial charge in [-0.15, -0.1) is 0 Å². The molecule has 0 N–H and O–H groups in total. The second-order valence-electron chi connectivity index (χ2n) is 5.08. The summed E-state index contributed by atoms with van der Waals surface area (Å²) in [4.78, 5) is 6.85. The maximum absolute atomic E-state index is 4.19. The molecule has 3 heterocycles. The fourth-order valence-corrected chi connectivity index (χ4v) is 3.16. The van der Waals surface area contributed by atoms with E-state index >= 15 is 0 Å². The van der Waals surface area contributed by atoms with Crippen LogP contribution in [0.2, 0.25) is 0 Å². The Bertz CT molecular complexity index is 369. The molecule has 16 heavy (non-hydrogen) atoms. The molecule has 2 saturated heterocycles. The van der Waals surface area contributed by atoms with Gasteiger partial charge in [0.2, 0.25) is 0 Å². The highest BCUT2D eigenvalue weighted by molar-refractivity contribution is 5.14. The number of nitrogens with zero attached hydrogens (tertiary/aromatic N) is 2. The molecule has 3 rings (SSSR count). The van der Waals surface area contributed by atoms with Crippen LogP contribution >= 0.6 is 0 Å². The number of rotatable bonds is 2. The molecular weight excluding hydrogens is 196 g/mol. The molecule has 2 bridgehead atoms. The number of pyridine rings is 1. The minimum atomic E-state index is 0.742.